The maximum Gasteiger partial charge on any atom is 0.268 e. The molecule has 1 aromatic heterocycles. The number of hydrogen-bond acceptors (Lipinski definition) is 3. The first kappa shape index (κ1) is 10.5. The van der Waals surface area contributed by atoms with Crippen molar-refractivity contribution in [3.05, 3.63) is 34.2 Å². The molecular formula is C10H12N2O2. The molecule has 0 amide bonds. The van der Waals surface area contributed by atoms with Crippen molar-refractivity contribution in [2.45, 2.75) is 13.0 Å². The highest BCUT2D eigenvalue weighted by Gasteiger charge is 2.00. The summed E-state index contributed by atoms with van der Waals surface area (Å²) in [7, 11) is 1.62. The molecule has 0 saturated carbocycles. The average Bonchev–Trinajstić information content (AvgIpc) is 2.21. The molecule has 4 nitrogen and oxygen atoms in total. The van der Waals surface area contributed by atoms with Gasteiger partial charge in [-0.05, 0) is 18.6 Å². The Balaban J connectivity index is 2.79. The van der Waals surface area contributed by atoms with E-state index in [-0.39, 0.29) is 11.1 Å². The van der Waals surface area contributed by atoms with Gasteiger partial charge in [0.1, 0.15) is 11.6 Å². The van der Waals surface area contributed by atoms with Crippen LogP contribution in [0.5, 0.6) is 0 Å². The number of nitrogens with zero attached hydrogens (tertiary/aromatic N) is 2. The minimum atomic E-state index is -0.230. The smallest absolute Gasteiger partial charge is 0.268 e. The maximum absolute atomic E-state index is 11.5. The summed E-state index contributed by atoms with van der Waals surface area (Å²) in [6, 6.07) is 5.09. The van der Waals surface area contributed by atoms with E-state index in [2.05, 4.69) is 0 Å². The number of aryl methyl sites for hydroxylation is 1. The van der Waals surface area contributed by atoms with Crippen molar-refractivity contribution in [2.75, 3.05) is 13.7 Å². The highest BCUT2D eigenvalue weighted by atomic mass is 16.5. The average molecular weight is 192 g/mol. The number of rotatable bonds is 4. The van der Waals surface area contributed by atoms with Gasteiger partial charge in [-0.15, -0.1) is 0 Å². The molecule has 0 saturated heterocycles. The molecule has 1 aromatic rings. The summed E-state index contributed by atoms with van der Waals surface area (Å²) in [5, 5.41) is 8.63. The lowest BCUT2D eigenvalue weighted by Gasteiger charge is -2.04. The third-order valence-electron chi connectivity index (χ3n) is 1.89. The van der Waals surface area contributed by atoms with Gasteiger partial charge in [-0.2, -0.15) is 5.26 Å². The van der Waals surface area contributed by atoms with E-state index in [1.54, 1.807) is 19.4 Å². The first-order valence-electron chi connectivity index (χ1n) is 4.38. The number of pyridine rings is 1. The fourth-order valence-corrected chi connectivity index (χ4v) is 1.18. The molecule has 0 aliphatic heterocycles. The van der Waals surface area contributed by atoms with E-state index in [0.717, 1.165) is 6.42 Å². The van der Waals surface area contributed by atoms with Crippen LogP contribution >= 0.6 is 0 Å². The van der Waals surface area contributed by atoms with Crippen molar-refractivity contribution in [1.29, 1.82) is 5.26 Å². The fourth-order valence-electron chi connectivity index (χ4n) is 1.18. The van der Waals surface area contributed by atoms with Gasteiger partial charge in [-0.25, -0.2) is 0 Å². The lowest BCUT2D eigenvalue weighted by Crippen LogP contribution is -2.22. The Morgan fingerprint density at radius 3 is 3.07 bits per heavy atom. The topological polar surface area (TPSA) is 55.0 Å². The molecule has 1 rings (SSSR count). The molecule has 0 aromatic carbocycles. The summed E-state index contributed by atoms with van der Waals surface area (Å²) in [6.07, 6.45) is 2.45. The maximum atomic E-state index is 11.5. The summed E-state index contributed by atoms with van der Waals surface area (Å²) in [5.74, 6) is 0. The van der Waals surface area contributed by atoms with E-state index in [4.69, 9.17) is 10.00 Å². The van der Waals surface area contributed by atoms with Crippen LogP contribution in [0, 0.1) is 11.3 Å². The molecule has 1 heterocycles. The lowest BCUT2D eigenvalue weighted by atomic mass is 10.3. The second-order valence-electron chi connectivity index (χ2n) is 2.88. The molecule has 0 fully saturated rings. The van der Waals surface area contributed by atoms with Gasteiger partial charge in [0.2, 0.25) is 0 Å². The molecule has 0 spiro atoms. The van der Waals surface area contributed by atoms with E-state index in [1.807, 2.05) is 6.07 Å². The number of ether oxygens (including phenoxy) is 1. The van der Waals surface area contributed by atoms with Gasteiger partial charge >= 0.3 is 0 Å². The zero-order valence-corrected chi connectivity index (χ0v) is 8.06. The fraction of sp³-hybridized carbons (Fsp3) is 0.400. The van der Waals surface area contributed by atoms with E-state index >= 15 is 0 Å². The molecule has 0 atom stereocenters. The second kappa shape index (κ2) is 5.20. The van der Waals surface area contributed by atoms with E-state index in [1.165, 1.54) is 10.6 Å². The summed E-state index contributed by atoms with van der Waals surface area (Å²) in [4.78, 5) is 11.5. The van der Waals surface area contributed by atoms with Crippen molar-refractivity contribution >= 4 is 0 Å². The zero-order chi connectivity index (χ0) is 10.4. The molecule has 0 radical (unpaired) electrons. The largest absolute Gasteiger partial charge is 0.385 e. The minimum Gasteiger partial charge on any atom is -0.385 e. The molecule has 4 heteroatoms. The number of nitriles is 1. The lowest BCUT2D eigenvalue weighted by molar-refractivity contribution is 0.190. The van der Waals surface area contributed by atoms with Crippen molar-refractivity contribution in [1.82, 2.24) is 4.57 Å². The summed E-state index contributed by atoms with van der Waals surface area (Å²) in [6.45, 7) is 1.20. The van der Waals surface area contributed by atoms with Crippen LogP contribution in [0.4, 0.5) is 0 Å². The van der Waals surface area contributed by atoms with Crippen molar-refractivity contribution in [3.63, 3.8) is 0 Å². The zero-order valence-electron chi connectivity index (χ0n) is 8.06. The quantitative estimate of drug-likeness (QED) is 0.662. The monoisotopic (exact) mass is 192 g/mol. The molecule has 74 valence electrons. The van der Waals surface area contributed by atoms with Crippen LogP contribution < -0.4 is 5.56 Å². The van der Waals surface area contributed by atoms with Crippen LogP contribution in [0.15, 0.2) is 23.1 Å². The standard InChI is InChI=1S/C10H12N2O2/c1-14-7-3-6-12-5-2-4-9(8-11)10(12)13/h2,4-5H,3,6-7H2,1H3. The normalized spacial score (nSPS) is 9.71. The van der Waals surface area contributed by atoms with Crippen LogP contribution in [0.3, 0.4) is 0 Å². The van der Waals surface area contributed by atoms with E-state index < -0.39 is 0 Å². The SMILES string of the molecule is COCCCn1cccc(C#N)c1=O. The molecule has 0 aliphatic rings. The molecule has 0 bridgehead atoms. The van der Waals surface area contributed by atoms with Crippen LogP contribution in [0.2, 0.25) is 0 Å². The number of hydrogen-bond donors (Lipinski definition) is 0. The van der Waals surface area contributed by atoms with E-state index in [9.17, 15) is 4.79 Å². The van der Waals surface area contributed by atoms with Crippen molar-refractivity contribution in [2.24, 2.45) is 0 Å². The Labute approximate surface area is 82.4 Å². The van der Waals surface area contributed by atoms with Crippen molar-refractivity contribution < 1.29 is 4.74 Å². The number of methoxy groups -OCH3 is 1. The van der Waals surface area contributed by atoms with Crippen LogP contribution in [0.1, 0.15) is 12.0 Å². The van der Waals surface area contributed by atoms with Gasteiger partial charge in [0, 0.05) is 26.5 Å². The summed E-state index contributed by atoms with van der Waals surface area (Å²) >= 11 is 0. The third-order valence-corrected chi connectivity index (χ3v) is 1.89. The molecule has 0 N–H and O–H groups in total. The Morgan fingerprint density at radius 1 is 1.64 bits per heavy atom. The Bertz CT molecular complexity index is 390. The van der Waals surface area contributed by atoms with E-state index in [0.29, 0.717) is 13.2 Å². The summed E-state index contributed by atoms with van der Waals surface area (Å²) < 4.78 is 6.40. The molecule has 14 heavy (non-hydrogen) atoms. The van der Waals surface area contributed by atoms with Gasteiger partial charge < -0.3 is 9.30 Å². The van der Waals surface area contributed by atoms with Gasteiger partial charge in [-0.3, -0.25) is 4.79 Å². The Morgan fingerprint density at radius 2 is 2.43 bits per heavy atom. The predicted molar refractivity (Wildman–Crippen MR) is 51.9 cm³/mol. The van der Waals surface area contributed by atoms with Crippen molar-refractivity contribution in [3.8, 4) is 6.07 Å². The van der Waals surface area contributed by atoms with Crippen LogP contribution in [0.25, 0.3) is 0 Å². The summed E-state index contributed by atoms with van der Waals surface area (Å²) in [5.41, 5.74) is -0.0454. The van der Waals surface area contributed by atoms with Gasteiger partial charge in [-0.1, -0.05) is 0 Å². The Hall–Kier alpha value is -1.60. The number of aromatic nitrogens is 1. The van der Waals surface area contributed by atoms with Gasteiger partial charge in [0.15, 0.2) is 0 Å². The third kappa shape index (κ3) is 2.44. The Kier molecular flexibility index (Phi) is 3.89. The van der Waals surface area contributed by atoms with Gasteiger partial charge in [0.25, 0.3) is 5.56 Å². The van der Waals surface area contributed by atoms with Crippen LogP contribution in [-0.2, 0) is 11.3 Å². The highest BCUT2D eigenvalue weighted by Crippen LogP contribution is 1.92. The molecule has 0 aliphatic carbocycles. The predicted octanol–water partition coefficient (Wildman–Crippen LogP) is 0.756. The molecular weight excluding hydrogens is 180 g/mol. The molecule has 0 unspecified atom stereocenters. The highest BCUT2D eigenvalue weighted by molar-refractivity contribution is 5.24. The first-order valence-corrected chi connectivity index (χ1v) is 4.38. The minimum absolute atomic E-state index is 0.185. The second-order valence-corrected chi connectivity index (χ2v) is 2.88. The van der Waals surface area contributed by atoms with Gasteiger partial charge in [0.05, 0.1) is 0 Å². The first-order chi connectivity index (χ1) is 6.79. The van der Waals surface area contributed by atoms with Crippen LogP contribution in [-0.4, -0.2) is 18.3 Å².